The Bertz CT molecular complexity index is 74.4. The number of ether oxygens (including phenoxy) is 1. The molecule has 0 bridgehead atoms. The van der Waals surface area contributed by atoms with Crippen LogP contribution in [0.2, 0.25) is 0 Å². The van der Waals surface area contributed by atoms with E-state index in [1.54, 1.807) is 6.92 Å². The van der Waals surface area contributed by atoms with E-state index in [9.17, 15) is 0 Å². The summed E-state index contributed by atoms with van der Waals surface area (Å²) in [6.07, 6.45) is 0. The molecule has 4 heteroatoms. The summed E-state index contributed by atoms with van der Waals surface area (Å²) in [5.41, 5.74) is 5.31. The zero-order valence-corrected chi connectivity index (χ0v) is 5.22. The summed E-state index contributed by atoms with van der Waals surface area (Å²) in [7, 11) is 12.0. The lowest BCUT2D eigenvalue weighted by molar-refractivity contribution is 0.114. The van der Waals surface area contributed by atoms with Gasteiger partial charge in [-0.05, 0) is 6.92 Å². The molecule has 4 radical (unpaired) electrons. The van der Waals surface area contributed by atoms with E-state index in [1.165, 1.54) is 7.11 Å². The largest absolute Gasteiger partial charge is 0.396 e. The van der Waals surface area contributed by atoms with Crippen LogP contribution in [0, 0.1) is 0 Å². The van der Waals surface area contributed by atoms with Gasteiger partial charge in [0.25, 0.3) is 0 Å². The van der Waals surface area contributed by atoms with E-state index in [2.05, 4.69) is 4.74 Å². The lowest BCUT2D eigenvalue weighted by atomic mass is 9.61. The van der Waals surface area contributed by atoms with E-state index in [0.29, 0.717) is 0 Å². The molecular formula is C4H9B2NO. The fourth-order valence-electron chi connectivity index (χ4n) is 0.186. The molecule has 1 unspecified atom stereocenters. The quantitative estimate of drug-likeness (QED) is 0.460. The van der Waals surface area contributed by atoms with Gasteiger partial charge in [-0.1, -0.05) is 0 Å². The molecule has 0 aromatic rings. The Morgan fingerprint density at radius 1 is 1.62 bits per heavy atom. The Hall–Kier alpha value is 0.0499. The third-order valence-electron chi connectivity index (χ3n) is 1.07. The van der Waals surface area contributed by atoms with Crippen LogP contribution in [0.4, 0.5) is 0 Å². The van der Waals surface area contributed by atoms with Crippen LogP contribution in [0.5, 0.6) is 0 Å². The average molecular weight is 109 g/mol. The monoisotopic (exact) mass is 109 g/mol. The number of hydrogen-bond acceptors (Lipinski definition) is 2. The summed E-state index contributed by atoms with van der Waals surface area (Å²) in [4.78, 5) is 0. The van der Waals surface area contributed by atoms with Crippen LogP contribution in [0.3, 0.4) is 0 Å². The van der Waals surface area contributed by atoms with Crippen LogP contribution in [0.25, 0.3) is 0 Å². The second-order valence-electron chi connectivity index (χ2n) is 1.85. The highest BCUT2D eigenvalue weighted by atomic mass is 16.5. The smallest absolute Gasteiger partial charge is 0.101 e. The van der Waals surface area contributed by atoms with Crippen molar-refractivity contribution in [2.75, 3.05) is 7.11 Å². The standard InChI is InChI=1S/C4H9B2NO/c1-3(7)4(5,6)8-2/h3H,7H2,1-2H3. The van der Waals surface area contributed by atoms with Gasteiger partial charge in [-0.15, -0.1) is 0 Å². The van der Waals surface area contributed by atoms with Gasteiger partial charge in [0, 0.05) is 18.6 Å². The molecule has 0 aliphatic carbocycles. The minimum absolute atomic E-state index is 0.354. The predicted octanol–water partition coefficient (Wildman–Crippen LogP) is -1.03. The van der Waals surface area contributed by atoms with Crippen molar-refractivity contribution >= 4 is 15.7 Å². The minimum atomic E-state index is -1.18. The molecule has 2 N–H and O–H groups in total. The summed E-state index contributed by atoms with van der Waals surface area (Å²) < 4.78 is 4.63. The summed E-state index contributed by atoms with van der Waals surface area (Å²) in [5.74, 6) is 0. The lowest BCUT2D eigenvalue weighted by Gasteiger charge is -2.28. The molecule has 0 aromatic carbocycles. The van der Waals surface area contributed by atoms with Crippen LogP contribution in [-0.4, -0.2) is 34.2 Å². The van der Waals surface area contributed by atoms with Crippen molar-refractivity contribution in [1.29, 1.82) is 0 Å². The molecule has 0 saturated carbocycles. The third-order valence-corrected chi connectivity index (χ3v) is 1.07. The predicted molar refractivity (Wildman–Crippen MR) is 34.9 cm³/mol. The Kier molecular flexibility index (Phi) is 2.57. The van der Waals surface area contributed by atoms with Gasteiger partial charge in [-0.2, -0.15) is 0 Å². The molecule has 0 aromatic heterocycles. The molecule has 8 heavy (non-hydrogen) atoms. The maximum absolute atomic E-state index is 5.31. The zero-order chi connectivity index (χ0) is 6.78. The van der Waals surface area contributed by atoms with E-state index in [0.717, 1.165) is 0 Å². The second kappa shape index (κ2) is 2.55. The van der Waals surface area contributed by atoms with Crippen LogP contribution in [-0.2, 0) is 4.74 Å². The minimum Gasteiger partial charge on any atom is -0.396 e. The maximum Gasteiger partial charge on any atom is 0.101 e. The van der Waals surface area contributed by atoms with E-state index < -0.39 is 5.40 Å². The molecule has 0 fully saturated rings. The lowest BCUT2D eigenvalue weighted by Crippen LogP contribution is -2.48. The number of hydrogen-bond donors (Lipinski definition) is 1. The summed E-state index contributed by atoms with van der Waals surface area (Å²) in [5, 5.41) is -1.18. The molecule has 0 aliphatic rings. The summed E-state index contributed by atoms with van der Waals surface area (Å²) in [6, 6.07) is -0.354. The fraction of sp³-hybridized carbons (Fsp3) is 1.00. The normalized spacial score (nSPS) is 15.9. The number of nitrogens with two attached hydrogens (primary N) is 1. The maximum atomic E-state index is 5.31. The molecule has 0 spiro atoms. The fourth-order valence-corrected chi connectivity index (χ4v) is 0.186. The Balaban J connectivity index is 3.71. The van der Waals surface area contributed by atoms with Gasteiger partial charge in [0.15, 0.2) is 0 Å². The van der Waals surface area contributed by atoms with Gasteiger partial charge in [-0.25, -0.2) is 0 Å². The van der Waals surface area contributed by atoms with Gasteiger partial charge in [0.05, 0.1) is 0 Å². The Morgan fingerprint density at radius 2 is 2.00 bits per heavy atom. The average Bonchev–Trinajstić information content (AvgIpc) is 1.67. The summed E-state index contributed by atoms with van der Waals surface area (Å²) >= 11 is 0. The molecule has 0 aliphatic heterocycles. The first-order valence-electron chi connectivity index (χ1n) is 2.39. The Labute approximate surface area is 52.6 Å². The van der Waals surface area contributed by atoms with Gasteiger partial charge >= 0.3 is 0 Å². The van der Waals surface area contributed by atoms with Crippen molar-refractivity contribution < 1.29 is 4.74 Å². The van der Waals surface area contributed by atoms with Gasteiger partial charge < -0.3 is 10.5 Å². The highest BCUT2D eigenvalue weighted by molar-refractivity contribution is 6.39. The molecule has 42 valence electrons. The van der Waals surface area contributed by atoms with Crippen LogP contribution in [0.1, 0.15) is 6.92 Å². The van der Waals surface area contributed by atoms with Crippen LogP contribution < -0.4 is 5.73 Å². The molecule has 1 atom stereocenters. The van der Waals surface area contributed by atoms with E-state index in [4.69, 9.17) is 21.4 Å². The SMILES string of the molecule is [B]C([B])(OC)C(C)N. The van der Waals surface area contributed by atoms with Crippen LogP contribution in [0.15, 0.2) is 0 Å². The van der Waals surface area contributed by atoms with E-state index in [-0.39, 0.29) is 6.04 Å². The van der Waals surface area contributed by atoms with Crippen molar-refractivity contribution in [2.45, 2.75) is 18.4 Å². The van der Waals surface area contributed by atoms with Gasteiger partial charge in [-0.3, -0.25) is 0 Å². The molecule has 2 nitrogen and oxygen atoms in total. The molecule has 0 saturated heterocycles. The van der Waals surface area contributed by atoms with Gasteiger partial charge in [0.1, 0.15) is 15.7 Å². The highest BCUT2D eigenvalue weighted by Gasteiger charge is 2.19. The van der Waals surface area contributed by atoms with Gasteiger partial charge in [0.2, 0.25) is 0 Å². The molecule has 0 rings (SSSR count). The molecule has 0 amide bonds. The Morgan fingerprint density at radius 3 is 2.00 bits per heavy atom. The first-order valence-corrected chi connectivity index (χ1v) is 2.39. The van der Waals surface area contributed by atoms with E-state index >= 15 is 0 Å². The van der Waals surface area contributed by atoms with Crippen molar-refractivity contribution in [2.24, 2.45) is 5.73 Å². The molecular weight excluding hydrogens is 99.7 g/mol. The van der Waals surface area contributed by atoms with Crippen LogP contribution >= 0.6 is 0 Å². The number of rotatable bonds is 2. The summed E-state index contributed by atoms with van der Waals surface area (Å²) in [6.45, 7) is 1.68. The second-order valence-corrected chi connectivity index (χ2v) is 1.85. The van der Waals surface area contributed by atoms with E-state index in [1.807, 2.05) is 0 Å². The highest BCUT2D eigenvalue weighted by Crippen LogP contribution is 2.00. The van der Waals surface area contributed by atoms with Crippen molar-refractivity contribution in [1.82, 2.24) is 0 Å². The molecule has 0 heterocycles. The topological polar surface area (TPSA) is 35.2 Å². The number of methoxy groups -OCH3 is 1. The van der Waals surface area contributed by atoms with Crippen molar-refractivity contribution in [3.63, 3.8) is 0 Å². The third kappa shape index (κ3) is 1.88. The zero-order valence-electron chi connectivity index (χ0n) is 5.22. The van der Waals surface area contributed by atoms with Crippen molar-refractivity contribution in [3.05, 3.63) is 0 Å². The first-order chi connectivity index (χ1) is 3.50. The van der Waals surface area contributed by atoms with Crippen molar-refractivity contribution in [3.8, 4) is 0 Å². The first kappa shape index (κ1) is 8.05.